The Balaban J connectivity index is 1.36. The Hall–Kier alpha value is -5.83. The molecular weight excluding hydrogens is 722 g/mol. The van der Waals surface area contributed by atoms with E-state index in [4.69, 9.17) is 0 Å². The Morgan fingerprint density at radius 3 is 1.19 bits per heavy atom. The molecule has 4 N–H and O–H groups in total. The number of allylic oxidation sites excluding steroid dienone is 2. The lowest BCUT2D eigenvalue weighted by Crippen LogP contribution is -2.39. The predicted octanol–water partition coefficient (Wildman–Crippen LogP) is 7.41. The zero-order chi connectivity index (χ0) is 38.4. The Bertz CT molecular complexity index is 1760. The van der Waals surface area contributed by atoms with E-state index in [9.17, 15) is 45.5 Å². The van der Waals surface area contributed by atoms with E-state index < -0.39 is 47.8 Å². The number of rotatable bonds is 16. The number of nitrogens with one attached hydrogen (secondary N) is 4. The molecule has 15 heteroatoms. The van der Waals surface area contributed by atoms with Gasteiger partial charge >= 0.3 is 12.4 Å². The van der Waals surface area contributed by atoms with Crippen LogP contribution in [0.15, 0.2) is 144 Å². The van der Waals surface area contributed by atoms with Gasteiger partial charge in [-0.05, 0) is 59.7 Å². The van der Waals surface area contributed by atoms with E-state index in [2.05, 4.69) is 21.3 Å². The van der Waals surface area contributed by atoms with E-state index in [0.29, 0.717) is 23.5 Å². The van der Waals surface area contributed by atoms with Gasteiger partial charge in [0, 0.05) is 58.6 Å². The topological polar surface area (TPSA) is 116 Å². The van der Waals surface area contributed by atoms with Crippen LogP contribution >= 0.6 is 11.8 Å². The van der Waals surface area contributed by atoms with Gasteiger partial charge in [-0.15, -0.1) is 0 Å². The van der Waals surface area contributed by atoms with Crippen molar-refractivity contribution in [2.75, 3.05) is 10.6 Å². The highest BCUT2D eigenvalue weighted by atomic mass is 32.2. The molecule has 2 amide bonds. The van der Waals surface area contributed by atoms with Crippen LogP contribution in [0.1, 0.15) is 11.1 Å². The fourth-order valence-electron chi connectivity index (χ4n) is 4.63. The van der Waals surface area contributed by atoms with Gasteiger partial charge in [0.25, 0.3) is 11.6 Å². The van der Waals surface area contributed by atoms with Crippen LogP contribution in [-0.4, -0.2) is 47.8 Å². The average molecular weight is 755 g/mol. The van der Waals surface area contributed by atoms with Crippen molar-refractivity contribution in [2.24, 2.45) is 0 Å². The van der Waals surface area contributed by atoms with Gasteiger partial charge in [-0.2, -0.15) is 26.3 Å². The maximum atomic E-state index is 13.1. The van der Waals surface area contributed by atoms with Gasteiger partial charge in [-0.1, -0.05) is 72.4 Å². The van der Waals surface area contributed by atoms with Crippen molar-refractivity contribution in [3.63, 3.8) is 0 Å². The third kappa shape index (κ3) is 13.3. The highest BCUT2D eigenvalue weighted by Crippen LogP contribution is 2.30. The molecule has 0 aliphatic rings. The lowest BCUT2D eigenvalue weighted by atomic mass is 10.1. The first-order chi connectivity index (χ1) is 25.2. The number of halogens is 6. The number of hydrogen-bond donors (Lipinski definition) is 4. The standard InChI is InChI=1S/C38H32F6N4O4S/c39-37(40,41)33(49)19-21-45-31(23-25-7-3-1-4-8-25)35(51)47-27-11-15-29(16-12-27)53-30-17-13-28(14-18-30)48-36(52)32(24-26-9-5-2-6-10-26)46-22-20-34(50)38(42,43)44/h1-22,31-32,45-46H,23-24H2,(H,47,51)(H,48,52)/b21-19+,22-20+. The van der Waals surface area contributed by atoms with E-state index in [1.54, 1.807) is 109 Å². The number of hydrogen-bond acceptors (Lipinski definition) is 7. The zero-order valence-corrected chi connectivity index (χ0v) is 28.4. The fourth-order valence-corrected chi connectivity index (χ4v) is 5.45. The van der Waals surface area contributed by atoms with Crippen LogP contribution in [0.4, 0.5) is 37.7 Å². The Kier molecular flexibility index (Phi) is 14.0. The van der Waals surface area contributed by atoms with Crippen molar-refractivity contribution >= 4 is 46.5 Å². The molecule has 4 aromatic rings. The molecule has 0 radical (unpaired) electrons. The van der Waals surface area contributed by atoms with Crippen LogP contribution in [-0.2, 0) is 32.0 Å². The van der Waals surface area contributed by atoms with Gasteiger partial charge in [0.15, 0.2) is 0 Å². The van der Waals surface area contributed by atoms with E-state index in [0.717, 1.165) is 33.3 Å². The summed E-state index contributed by atoms with van der Waals surface area (Å²) in [6, 6.07) is 29.2. The van der Waals surface area contributed by atoms with E-state index in [-0.39, 0.29) is 12.8 Å². The summed E-state index contributed by atoms with van der Waals surface area (Å²) in [6.45, 7) is 0. The van der Waals surface area contributed by atoms with Gasteiger partial charge in [0.05, 0.1) is 0 Å². The minimum Gasteiger partial charge on any atom is -0.379 e. The van der Waals surface area contributed by atoms with Gasteiger partial charge in [-0.3, -0.25) is 19.2 Å². The number of amides is 2. The summed E-state index contributed by atoms with van der Waals surface area (Å²) in [5.41, 5.74) is 2.32. The molecule has 0 saturated heterocycles. The summed E-state index contributed by atoms with van der Waals surface area (Å²) in [5, 5.41) is 10.6. The SMILES string of the molecule is O=C(Nc1ccc(Sc2ccc(NC(=O)C(Cc3ccccc3)N/C=C/C(=O)C(F)(F)F)cc2)cc1)C(Cc1ccccc1)N/C=C/C(=O)C(F)(F)F. The molecule has 0 saturated carbocycles. The second-order valence-electron chi connectivity index (χ2n) is 11.3. The minimum atomic E-state index is -5.04. The molecule has 0 fully saturated rings. The van der Waals surface area contributed by atoms with Crippen molar-refractivity contribution in [1.82, 2.24) is 10.6 Å². The van der Waals surface area contributed by atoms with Gasteiger partial charge in [-0.25, -0.2) is 0 Å². The minimum absolute atomic E-state index is 0.131. The molecule has 0 aromatic heterocycles. The first kappa shape index (κ1) is 39.9. The Morgan fingerprint density at radius 1 is 0.528 bits per heavy atom. The maximum absolute atomic E-state index is 13.1. The van der Waals surface area contributed by atoms with Crippen molar-refractivity contribution in [2.45, 2.75) is 47.1 Å². The molecule has 0 bridgehead atoms. The second kappa shape index (κ2) is 18.6. The maximum Gasteiger partial charge on any atom is 0.454 e. The molecule has 8 nitrogen and oxygen atoms in total. The van der Waals surface area contributed by atoms with Crippen LogP contribution in [0.2, 0.25) is 0 Å². The smallest absolute Gasteiger partial charge is 0.379 e. The first-order valence-electron chi connectivity index (χ1n) is 15.8. The molecule has 2 atom stereocenters. The Labute approximate surface area is 304 Å². The number of carbonyl (C=O) groups excluding carboxylic acids is 4. The summed E-state index contributed by atoms with van der Waals surface area (Å²) in [6.07, 6.45) is -7.54. The molecule has 4 rings (SSSR count). The van der Waals surface area contributed by atoms with Crippen molar-refractivity contribution in [3.05, 3.63) is 145 Å². The third-order valence-corrected chi connectivity index (χ3v) is 8.32. The number of ketones is 2. The molecule has 0 spiro atoms. The molecule has 0 heterocycles. The van der Waals surface area contributed by atoms with Crippen molar-refractivity contribution in [1.29, 1.82) is 0 Å². The predicted molar refractivity (Wildman–Crippen MR) is 189 cm³/mol. The number of alkyl halides is 6. The molecule has 4 aromatic carbocycles. The molecule has 0 aliphatic carbocycles. The molecule has 276 valence electrons. The number of benzene rings is 4. The summed E-state index contributed by atoms with van der Waals surface area (Å²) < 4.78 is 75.6. The Morgan fingerprint density at radius 2 is 0.868 bits per heavy atom. The number of anilines is 2. The molecular formula is C38H32F6N4O4S. The average Bonchev–Trinajstić information content (AvgIpc) is 3.12. The monoisotopic (exact) mass is 754 g/mol. The highest BCUT2D eigenvalue weighted by Gasteiger charge is 2.37. The highest BCUT2D eigenvalue weighted by molar-refractivity contribution is 7.99. The van der Waals surface area contributed by atoms with E-state index in [1.807, 2.05) is 0 Å². The lowest BCUT2D eigenvalue weighted by Gasteiger charge is -2.18. The molecule has 2 unspecified atom stereocenters. The quantitative estimate of drug-likeness (QED) is 0.0696. The fraction of sp³-hybridized carbons (Fsp3) is 0.158. The summed E-state index contributed by atoms with van der Waals surface area (Å²) in [4.78, 5) is 50.3. The van der Waals surface area contributed by atoms with Crippen LogP contribution in [0.5, 0.6) is 0 Å². The summed E-state index contributed by atoms with van der Waals surface area (Å²) in [5.74, 6) is -5.20. The largest absolute Gasteiger partial charge is 0.454 e. The van der Waals surface area contributed by atoms with Gasteiger partial charge in [0.1, 0.15) is 12.1 Å². The summed E-state index contributed by atoms with van der Waals surface area (Å²) >= 11 is 1.37. The van der Waals surface area contributed by atoms with Crippen LogP contribution < -0.4 is 21.3 Å². The number of carbonyl (C=O) groups is 4. The van der Waals surface area contributed by atoms with Crippen LogP contribution in [0.25, 0.3) is 0 Å². The second-order valence-corrected chi connectivity index (χ2v) is 12.5. The van der Waals surface area contributed by atoms with E-state index >= 15 is 0 Å². The molecule has 0 aliphatic heterocycles. The van der Waals surface area contributed by atoms with Crippen LogP contribution in [0, 0.1) is 0 Å². The van der Waals surface area contributed by atoms with Crippen molar-refractivity contribution in [3.8, 4) is 0 Å². The summed E-state index contributed by atoms with van der Waals surface area (Å²) in [7, 11) is 0. The van der Waals surface area contributed by atoms with Crippen molar-refractivity contribution < 1.29 is 45.5 Å². The lowest BCUT2D eigenvalue weighted by molar-refractivity contribution is -0.165. The van der Waals surface area contributed by atoms with E-state index in [1.165, 1.54) is 11.8 Å². The molecule has 53 heavy (non-hydrogen) atoms. The van der Waals surface area contributed by atoms with Crippen LogP contribution in [0.3, 0.4) is 0 Å². The first-order valence-corrected chi connectivity index (χ1v) is 16.6. The zero-order valence-electron chi connectivity index (χ0n) is 27.6. The van der Waals surface area contributed by atoms with Gasteiger partial charge < -0.3 is 21.3 Å². The van der Waals surface area contributed by atoms with Gasteiger partial charge in [0.2, 0.25) is 11.8 Å². The third-order valence-electron chi connectivity index (χ3n) is 7.30. The normalized spacial score (nSPS) is 12.9.